The number of hydrogen-bond acceptors (Lipinski definition) is 4. The summed E-state index contributed by atoms with van der Waals surface area (Å²) in [5, 5.41) is 4.48. The van der Waals surface area contributed by atoms with Crippen LogP contribution in [0, 0.1) is 17.8 Å². The molecule has 0 unspecified atom stereocenters. The highest BCUT2D eigenvalue weighted by Crippen LogP contribution is 2.60. The van der Waals surface area contributed by atoms with Crippen molar-refractivity contribution in [3.8, 4) is 0 Å². The standard InChI is InChI=1S/C21H29N3O2/c25-18-8-16(12-24(18)17-3-1-2-4-17)19-22-20(23-26-19)21-9-13-5-14(10-21)7-15(6-13)11-21/h13-17H,1-12H2/t13?,14?,15?,16-,21?/m1/s1. The van der Waals surface area contributed by atoms with Crippen molar-refractivity contribution in [2.75, 3.05) is 6.54 Å². The van der Waals surface area contributed by atoms with E-state index in [1.54, 1.807) is 0 Å². The highest BCUT2D eigenvalue weighted by atomic mass is 16.5. The third kappa shape index (κ3) is 2.31. The number of hydrogen-bond donors (Lipinski definition) is 0. The van der Waals surface area contributed by atoms with Crippen LogP contribution < -0.4 is 0 Å². The van der Waals surface area contributed by atoms with E-state index in [1.807, 2.05) is 0 Å². The average molecular weight is 355 g/mol. The third-order valence-electron chi connectivity index (χ3n) is 8.23. The molecule has 5 nitrogen and oxygen atoms in total. The summed E-state index contributed by atoms with van der Waals surface area (Å²) < 4.78 is 5.76. The van der Waals surface area contributed by atoms with Crippen LogP contribution in [0.1, 0.15) is 88.3 Å². The Balaban J connectivity index is 1.23. The molecule has 140 valence electrons. The van der Waals surface area contributed by atoms with Gasteiger partial charge in [0.1, 0.15) is 0 Å². The average Bonchev–Trinajstić information content (AvgIpc) is 3.34. The van der Waals surface area contributed by atoms with Crippen molar-refractivity contribution in [1.29, 1.82) is 0 Å². The molecule has 0 aromatic carbocycles. The largest absolute Gasteiger partial charge is 0.339 e. The van der Waals surface area contributed by atoms with Gasteiger partial charge in [-0.3, -0.25) is 4.79 Å². The number of aromatic nitrogens is 2. The van der Waals surface area contributed by atoms with Gasteiger partial charge in [-0.05, 0) is 69.1 Å². The summed E-state index contributed by atoms with van der Waals surface area (Å²) in [6, 6.07) is 0.457. The van der Waals surface area contributed by atoms with E-state index < -0.39 is 0 Å². The van der Waals surface area contributed by atoms with Gasteiger partial charge in [-0.1, -0.05) is 18.0 Å². The summed E-state index contributed by atoms with van der Waals surface area (Å²) in [4.78, 5) is 19.5. The summed E-state index contributed by atoms with van der Waals surface area (Å²) in [5.74, 6) is 4.75. The molecule has 5 saturated carbocycles. The lowest BCUT2D eigenvalue weighted by molar-refractivity contribution is -0.129. The molecule has 4 bridgehead atoms. The first-order valence-corrected chi connectivity index (χ1v) is 10.8. The number of carbonyl (C=O) groups is 1. The van der Waals surface area contributed by atoms with Gasteiger partial charge in [-0.2, -0.15) is 4.98 Å². The van der Waals surface area contributed by atoms with Crippen LogP contribution in [0.15, 0.2) is 4.52 Å². The van der Waals surface area contributed by atoms with Crippen molar-refractivity contribution in [3.05, 3.63) is 11.7 Å². The Hall–Kier alpha value is -1.39. The second-order valence-electron chi connectivity index (χ2n) is 10.0. The van der Waals surface area contributed by atoms with Crippen LogP contribution in [-0.2, 0) is 10.2 Å². The van der Waals surface area contributed by atoms with Gasteiger partial charge in [0.15, 0.2) is 5.82 Å². The molecular formula is C21H29N3O2. The summed E-state index contributed by atoms with van der Waals surface area (Å²) >= 11 is 0. The molecule has 2 heterocycles. The van der Waals surface area contributed by atoms with Gasteiger partial charge in [-0.15, -0.1) is 0 Å². The maximum Gasteiger partial charge on any atom is 0.232 e. The van der Waals surface area contributed by atoms with Gasteiger partial charge >= 0.3 is 0 Å². The van der Waals surface area contributed by atoms with E-state index in [1.165, 1.54) is 64.2 Å². The fraction of sp³-hybridized carbons (Fsp3) is 0.857. The first-order chi connectivity index (χ1) is 12.7. The van der Waals surface area contributed by atoms with E-state index in [4.69, 9.17) is 9.51 Å². The predicted molar refractivity (Wildman–Crippen MR) is 95.5 cm³/mol. The fourth-order valence-electron chi connectivity index (χ4n) is 7.47. The zero-order valence-electron chi connectivity index (χ0n) is 15.5. The first-order valence-electron chi connectivity index (χ1n) is 10.8. The summed E-state index contributed by atoms with van der Waals surface area (Å²) in [7, 11) is 0. The Kier molecular flexibility index (Phi) is 3.34. The van der Waals surface area contributed by atoms with E-state index in [-0.39, 0.29) is 17.2 Å². The Morgan fingerprint density at radius 1 is 1.00 bits per heavy atom. The van der Waals surface area contributed by atoms with Crippen LogP contribution >= 0.6 is 0 Å². The van der Waals surface area contributed by atoms with E-state index in [0.717, 1.165) is 36.0 Å². The minimum Gasteiger partial charge on any atom is -0.339 e. The number of amides is 1. The highest BCUT2D eigenvalue weighted by Gasteiger charge is 2.54. The third-order valence-corrected chi connectivity index (χ3v) is 8.23. The van der Waals surface area contributed by atoms with Crippen LogP contribution in [0.2, 0.25) is 0 Å². The van der Waals surface area contributed by atoms with Crippen LogP contribution in [0.3, 0.4) is 0 Å². The summed E-state index contributed by atoms with van der Waals surface area (Å²) in [6.07, 6.45) is 13.5. The maximum absolute atomic E-state index is 12.5. The Morgan fingerprint density at radius 2 is 1.65 bits per heavy atom. The van der Waals surface area contributed by atoms with Gasteiger partial charge in [-0.25, -0.2) is 0 Å². The van der Waals surface area contributed by atoms with Crippen LogP contribution in [0.5, 0.6) is 0 Å². The van der Waals surface area contributed by atoms with Crippen molar-refractivity contribution in [2.24, 2.45) is 17.8 Å². The molecular weight excluding hydrogens is 326 g/mol. The Bertz CT molecular complexity index is 685. The van der Waals surface area contributed by atoms with E-state index >= 15 is 0 Å². The molecule has 1 saturated heterocycles. The minimum atomic E-state index is 0.110. The van der Waals surface area contributed by atoms with Crippen molar-refractivity contribution in [1.82, 2.24) is 15.0 Å². The molecule has 1 amide bonds. The monoisotopic (exact) mass is 355 g/mol. The van der Waals surface area contributed by atoms with Crippen molar-refractivity contribution in [3.63, 3.8) is 0 Å². The molecule has 5 heteroatoms. The molecule has 26 heavy (non-hydrogen) atoms. The zero-order valence-corrected chi connectivity index (χ0v) is 15.5. The second kappa shape index (κ2) is 5.56. The first kappa shape index (κ1) is 15.6. The molecule has 1 aromatic rings. The summed E-state index contributed by atoms with van der Waals surface area (Å²) in [6.45, 7) is 0.784. The Labute approximate surface area is 154 Å². The van der Waals surface area contributed by atoms with E-state index in [9.17, 15) is 4.79 Å². The quantitative estimate of drug-likeness (QED) is 0.827. The summed E-state index contributed by atoms with van der Waals surface area (Å²) in [5.41, 5.74) is 0.185. The van der Waals surface area contributed by atoms with Gasteiger partial charge in [0.25, 0.3) is 0 Å². The van der Waals surface area contributed by atoms with E-state index in [2.05, 4.69) is 10.1 Å². The second-order valence-corrected chi connectivity index (χ2v) is 10.0. The molecule has 6 fully saturated rings. The van der Waals surface area contributed by atoms with Crippen molar-refractivity contribution < 1.29 is 9.32 Å². The SMILES string of the molecule is O=C1C[C@@H](c2nc(C34CC5CC(CC(C5)C3)C4)no2)CN1C1CCCC1. The Morgan fingerprint density at radius 3 is 2.31 bits per heavy atom. The number of likely N-dealkylation sites (tertiary alicyclic amines) is 1. The highest BCUT2D eigenvalue weighted by molar-refractivity contribution is 5.79. The van der Waals surface area contributed by atoms with Gasteiger partial charge in [0.2, 0.25) is 11.8 Å². The number of nitrogens with zero attached hydrogens (tertiary/aromatic N) is 3. The molecule has 0 N–H and O–H groups in total. The lowest BCUT2D eigenvalue weighted by atomic mass is 9.49. The molecule has 0 spiro atoms. The molecule has 1 atom stereocenters. The van der Waals surface area contributed by atoms with E-state index in [0.29, 0.717) is 12.5 Å². The minimum absolute atomic E-state index is 0.110. The normalized spacial score (nSPS) is 42.3. The van der Waals surface area contributed by atoms with Gasteiger partial charge in [0, 0.05) is 24.4 Å². The number of rotatable bonds is 3. The fourth-order valence-corrected chi connectivity index (χ4v) is 7.47. The molecule has 6 aliphatic rings. The zero-order chi connectivity index (χ0) is 17.3. The number of carbonyl (C=O) groups excluding carboxylic acids is 1. The van der Waals surface area contributed by atoms with Crippen molar-refractivity contribution >= 4 is 5.91 Å². The van der Waals surface area contributed by atoms with Crippen LogP contribution in [0.25, 0.3) is 0 Å². The molecule has 7 rings (SSSR count). The smallest absolute Gasteiger partial charge is 0.232 e. The predicted octanol–water partition coefficient (Wildman–Crippen LogP) is 3.80. The van der Waals surface area contributed by atoms with Gasteiger partial charge in [0.05, 0.1) is 5.92 Å². The lowest BCUT2D eigenvalue weighted by Gasteiger charge is -2.55. The molecule has 0 radical (unpaired) electrons. The molecule has 1 aliphatic heterocycles. The maximum atomic E-state index is 12.5. The topological polar surface area (TPSA) is 59.2 Å². The molecule has 1 aromatic heterocycles. The van der Waals surface area contributed by atoms with Crippen LogP contribution in [-0.4, -0.2) is 33.5 Å². The lowest BCUT2D eigenvalue weighted by Crippen LogP contribution is -2.49. The van der Waals surface area contributed by atoms with Gasteiger partial charge < -0.3 is 9.42 Å². The van der Waals surface area contributed by atoms with Crippen molar-refractivity contribution in [2.45, 2.75) is 88.0 Å². The van der Waals surface area contributed by atoms with Crippen LogP contribution in [0.4, 0.5) is 0 Å². The molecule has 5 aliphatic carbocycles.